The average molecular weight is 629 g/mol. The van der Waals surface area contributed by atoms with E-state index in [1.54, 1.807) is 32.9 Å². The molecule has 0 aliphatic rings. The topological polar surface area (TPSA) is 106 Å². The van der Waals surface area contributed by atoms with E-state index in [-0.39, 0.29) is 17.4 Å². The number of urea groups is 1. The van der Waals surface area contributed by atoms with Crippen molar-refractivity contribution in [1.82, 2.24) is 10.6 Å². The minimum atomic E-state index is -0.989. The molecule has 3 rings (SSSR count). The first-order valence-corrected chi connectivity index (χ1v) is 14.9. The summed E-state index contributed by atoms with van der Waals surface area (Å²) in [5.74, 6) is -0.324. The predicted octanol–water partition coefficient (Wildman–Crippen LogP) is 7.18. The third-order valence-electron chi connectivity index (χ3n) is 6.13. The van der Waals surface area contributed by atoms with Crippen LogP contribution in [0.1, 0.15) is 52.2 Å². The Morgan fingerprint density at radius 3 is 2.09 bits per heavy atom. The zero-order valence-corrected chi connectivity index (χ0v) is 26.6. The van der Waals surface area contributed by atoms with E-state index in [0.29, 0.717) is 29.5 Å². The summed E-state index contributed by atoms with van der Waals surface area (Å²) < 4.78 is 11.5. The van der Waals surface area contributed by atoms with Gasteiger partial charge in [0, 0.05) is 12.1 Å². The average Bonchev–Trinajstić information content (AvgIpc) is 2.93. The molecule has 0 saturated heterocycles. The van der Waals surface area contributed by atoms with Crippen molar-refractivity contribution >= 4 is 46.8 Å². The summed E-state index contributed by atoms with van der Waals surface area (Å²) in [4.78, 5) is 39.5. The van der Waals surface area contributed by atoms with Crippen LogP contribution in [0.2, 0.25) is 10.0 Å². The summed E-state index contributed by atoms with van der Waals surface area (Å²) in [6.45, 7) is 9.59. The van der Waals surface area contributed by atoms with E-state index in [0.717, 1.165) is 11.1 Å². The zero-order valence-electron chi connectivity index (χ0n) is 25.1. The molecule has 230 valence electrons. The van der Waals surface area contributed by atoms with Gasteiger partial charge in [-0.1, -0.05) is 79.5 Å². The lowest BCUT2D eigenvalue weighted by Gasteiger charge is -2.27. The number of amides is 3. The van der Waals surface area contributed by atoms with Crippen LogP contribution in [-0.2, 0) is 27.4 Å². The molecule has 0 bridgehead atoms. The van der Waals surface area contributed by atoms with Gasteiger partial charge in [-0.15, -0.1) is 0 Å². The molecule has 8 nitrogen and oxygen atoms in total. The highest BCUT2D eigenvalue weighted by atomic mass is 35.5. The molecular formula is C33H39Cl2N3O5. The molecule has 0 radical (unpaired) electrons. The number of carbonyl (C=O) groups excluding carboxylic acids is 3. The van der Waals surface area contributed by atoms with Gasteiger partial charge < -0.3 is 25.4 Å². The number of hydrogen-bond donors (Lipinski definition) is 3. The largest absolute Gasteiger partial charge is 0.489 e. The first kappa shape index (κ1) is 33.7. The Morgan fingerprint density at radius 1 is 0.814 bits per heavy atom. The molecule has 3 N–H and O–H groups in total. The van der Waals surface area contributed by atoms with E-state index in [2.05, 4.69) is 16.0 Å². The van der Waals surface area contributed by atoms with Gasteiger partial charge in [-0.3, -0.25) is 4.79 Å². The van der Waals surface area contributed by atoms with Crippen LogP contribution in [0.5, 0.6) is 5.75 Å². The smallest absolute Gasteiger partial charge is 0.329 e. The fraction of sp³-hybridized carbons (Fsp3) is 0.364. The van der Waals surface area contributed by atoms with Crippen molar-refractivity contribution in [3.63, 3.8) is 0 Å². The number of hydrogen-bond acceptors (Lipinski definition) is 5. The van der Waals surface area contributed by atoms with Crippen molar-refractivity contribution in [2.75, 3.05) is 5.32 Å². The Labute approximate surface area is 263 Å². The zero-order chi connectivity index (χ0) is 31.6. The van der Waals surface area contributed by atoms with Crippen LogP contribution in [0.4, 0.5) is 10.5 Å². The van der Waals surface area contributed by atoms with Gasteiger partial charge in [0.15, 0.2) is 0 Å². The standard InChI is InChI=1S/C33H39Cl2N3O5/c1-21(2)17-28(38-32(41)36-24-13-16-26(34)27(35)19-24)30(39)37-29(31(40)43-33(3,4)5)18-22-11-14-25(15-12-22)42-20-23-9-7-6-8-10-23/h6-16,19,21,28-29H,17-18,20H2,1-5H3,(H,37,39)(H2,36,38,41)/t28-,29-/m0/s1. The molecule has 3 aromatic carbocycles. The van der Waals surface area contributed by atoms with Crippen molar-refractivity contribution in [3.05, 3.63) is 94.0 Å². The maximum Gasteiger partial charge on any atom is 0.329 e. The molecule has 3 aromatic rings. The second-order valence-electron chi connectivity index (χ2n) is 11.6. The van der Waals surface area contributed by atoms with Crippen molar-refractivity contribution < 1.29 is 23.9 Å². The molecule has 10 heteroatoms. The van der Waals surface area contributed by atoms with E-state index in [1.807, 2.05) is 68.4 Å². The number of ether oxygens (including phenoxy) is 2. The van der Waals surface area contributed by atoms with Crippen molar-refractivity contribution in [3.8, 4) is 5.75 Å². The van der Waals surface area contributed by atoms with E-state index in [1.165, 1.54) is 6.07 Å². The Hall–Kier alpha value is -3.75. The second kappa shape index (κ2) is 15.6. The van der Waals surface area contributed by atoms with Gasteiger partial charge in [-0.25, -0.2) is 9.59 Å². The Balaban J connectivity index is 1.71. The number of rotatable bonds is 12. The molecule has 0 heterocycles. The van der Waals surface area contributed by atoms with E-state index in [9.17, 15) is 14.4 Å². The maximum atomic E-state index is 13.5. The lowest BCUT2D eigenvalue weighted by Crippen LogP contribution is -2.54. The van der Waals surface area contributed by atoms with E-state index >= 15 is 0 Å². The molecule has 0 aliphatic heterocycles. The summed E-state index contributed by atoms with van der Waals surface area (Å²) >= 11 is 12.0. The number of halogens is 2. The van der Waals surface area contributed by atoms with E-state index in [4.69, 9.17) is 32.7 Å². The van der Waals surface area contributed by atoms with Crippen molar-refractivity contribution in [2.24, 2.45) is 5.92 Å². The molecule has 2 atom stereocenters. The van der Waals surface area contributed by atoms with Crippen LogP contribution in [-0.4, -0.2) is 35.6 Å². The Kier molecular flexibility index (Phi) is 12.3. The number of benzene rings is 3. The minimum Gasteiger partial charge on any atom is -0.489 e. The lowest BCUT2D eigenvalue weighted by molar-refractivity contribution is -0.158. The second-order valence-corrected chi connectivity index (χ2v) is 12.4. The van der Waals surface area contributed by atoms with Gasteiger partial charge in [0.1, 0.15) is 30.0 Å². The Bertz CT molecular complexity index is 1380. The normalized spacial score (nSPS) is 12.7. The highest BCUT2D eigenvalue weighted by Crippen LogP contribution is 2.25. The fourth-order valence-corrected chi connectivity index (χ4v) is 4.44. The van der Waals surface area contributed by atoms with Gasteiger partial charge in [0.25, 0.3) is 0 Å². The van der Waals surface area contributed by atoms with Gasteiger partial charge >= 0.3 is 12.0 Å². The molecule has 0 aromatic heterocycles. The number of esters is 1. The van der Waals surface area contributed by atoms with Crippen LogP contribution in [0, 0.1) is 5.92 Å². The molecule has 0 unspecified atom stereocenters. The summed E-state index contributed by atoms with van der Waals surface area (Å²) in [6, 6.07) is 19.3. The van der Waals surface area contributed by atoms with E-state index < -0.39 is 35.6 Å². The first-order chi connectivity index (χ1) is 20.3. The Morgan fingerprint density at radius 2 is 1.49 bits per heavy atom. The van der Waals surface area contributed by atoms with Crippen LogP contribution in [0.25, 0.3) is 0 Å². The molecule has 0 aliphatic carbocycles. The SMILES string of the molecule is CC(C)C[C@H](NC(=O)Nc1ccc(Cl)c(Cl)c1)C(=O)N[C@@H](Cc1ccc(OCc2ccccc2)cc1)C(=O)OC(C)(C)C. The highest BCUT2D eigenvalue weighted by molar-refractivity contribution is 6.42. The fourth-order valence-electron chi connectivity index (χ4n) is 4.14. The predicted molar refractivity (Wildman–Crippen MR) is 171 cm³/mol. The summed E-state index contributed by atoms with van der Waals surface area (Å²) in [5.41, 5.74) is 1.51. The number of nitrogens with one attached hydrogen (secondary N) is 3. The van der Waals surface area contributed by atoms with Gasteiger partial charge in [-0.05, 0) is 74.6 Å². The molecule has 43 heavy (non-hydrogen) atoms. The van der Waals surface area contributed by atoms with Crippen LogP contribution in [0.3, 0.4) is 0 Å². The number of carbonyl (C=O) groups is 3. The quantitative estimate of drug-likeness (QED) is 0.184. The summed E-state index contributed by atoms with van der Waals surface area (Å²) in [5, 5.41) is 8.83. The molecular weight excluding hydrogens is 589 g/mol. The summed E-state index contributed by atoms with van der Waals surface area (Å²) in [6.07, 6.45) is 0.526. The van der Waals surface area contributed by atoms with Crippen LogP contribution >= 0.6 is 23.2 Å². The monoisotopic (exact) mass is 627 g/mol. The molecule has 3 amide bonds. The third-order valence-corrected chi connectivity index (χ3v) is 6.86. The third kappa shape index (κ3) is 11.8. The molecule has 0 saturated carbocycles. The highest BCUT2D eigenvalue weighted by Gasteiger charge is 2.30. The van der Waals surface area contributed by atoms with Gasteiger partial charge in [-0.2, -0.15) is 0 Å². The van der Waals surface area contributed by atoms with Gasteiger partial charge in [0.2, 0.25) is 5.91 Å². The van der Waals surface area contributed by atoms with Crippen LogP contribution in [0.15, 0.2) is 72.8 Å². The molecule has 0 fully saturated rings. The number of anilines is 1. The lowest BCUT2D eigenvalue weighted by atomic mass is 10.0. The van der Waals surface area contributed by atoms with Crippen LogP contribution < -0.4 is 20.7 Å². The first-order valence-electron chi connectivity index (χ1n) is 14.1. The minimum absolute atomic E-state index is 0.0735. The van der Waals surface area contributed by atoms with Gasteiger partial charge in [0.05, 0.1) is 10.0 Å². The van der Waals surface area contributed by atoms with Crippen molar-refractivity contribution in [2.45, 2.75) is 71.8 Å². The molecule has 0 spiro atoms. The summed E-state index contributed by atoms with van der Waals surface area (Å²) in [7, 11) is 0. The van der Waals surface area contributed by atoms with Crippen molar-refractivity contribution in [1.29, 1.82) is 0 Å². The maximum absolute atomic E-state index is 13.5.